The van der Waals surface area contributed by atoms with Crippen molar-refractivity contribution in [3.63, 3.8) is 0 Å². The van der Waals surface area contributed by atoms with Gasteiger partial charge in [0, 0.05) is 24.7 Å². The number of nitrogens with one attached hydrogen (secondary N) is 1. The quantitative estimate of drug-likeness (QED) is 0.920. The van der Waals surface area contributed by atoms with Gasteiger partial charge in [0.1, 0.15) is 11.4 Å². The van der Waals surface area contributed by atoms with Gasteiger partial charge in [-0.15, -0.1) is 0 Å². The Morgan fingerprint density at radius 2 is 2.04 bits per heavy atom. The maximum Gasteiger partial charge on any atom is 0.242 e. The molecule has 2 atom stereocenters. The summed E-state index contributed by atoms with van der Waals surface area (Å²) < 4.78 is 14.1. The summed E-state index contributed by atoms with van der Waals surface area (Å²) in [6, 6.07) is 15.0. The van der Waals surface area contributed by atoms with Gasteiger partial charge < -0.3 is 4.90 Å². The Hall–Kier alpha value is -2.20. The molecule has 0 aromatic heterocycles. The Balaban J connectivity index is 1.59. The van der Waals surface area contributed by atoms with E-state index in [-0.39, 0.29) is 17.8 Å². The summed E-state index contributed by atoms with van der Waals surface area (Å²) >= 11 is 0. The minimum absolute atomic E-state index is 0.146. The van der Waals surface area contributed by atoms with Gasteiger partial charge in [-0.25, -0.2) is 4.39 Å². The van der Waals surface area contributed by atoms with Crippen LogP contribution in [-0.2, 0) is 4.79 Å². The molecule has 130 valence electrons. The van der Waals surface area contributed by atoms with Crippen molar-refractivity contribution in [2.24, 2.45) is 0 Å². The van der Waals surface area contributed by atoms with Gasteiger partial charge in [0.25, 0.3) is 0 Å². The largest absolute Gasteiger partial charge is 0.341 e. The minimum Gasteiger partial charge on any atom is -0.341 e. The van der Waals surface area contributed by atoms with E-state index in [0.717, 1.165) is 43.5 Å². The lowest BCUT2D eigenvalue weighted by atomic mass is 9.95. The lowest BCUT2D eigenvalue weighted by Crippen LogP contribution is -2.48. The van der Waals surface area contributed by atoms with E-state index in [1.54, 1.807) is 12.1 Å². The molecule has 0 aliphatic carbocycles. The number of likely N-dealkylation sites (N-methyl/N-ethyl adjacent to an activating group) is 1. The van der Waals surface area contributed by atoms with Crippen LogP contribution in [0.25, 0.3) is 11.1 Å². The number of likely N-dealkylation sites (tertiary alicyclic amines) is 1. The van der Waals surface area contributed by atoms with Gasteiger partial charge in [0.15, 0.2) is 0 Å². The van der Waals surface area contributed by atoms with Crippen LogP contribution in [0.5, 0.6) is 0 Å². The van der Waals surface area contributed by atoms with E-state index in [2.05, 4.69) is 11.4 Å². The molecule has 1 amide bonds. The molecule has 2 aromatic carbocycles. The summed E-state index contributed by atoms with van der Waals surface area (Å²) in [5, 5.41) is 3.61. The summed E-state index contributed by atoms with van der Waals surface area (Å²) in [5.41, 5.74) is 2.23. The second kappa shape index (κ2) is 6.26. The smallest absolute Gasteiger partial charge is 0.242 e. The molecule has 2 aromatic rings. The molecule has 2 aliphatic rings. The topological polar surface area (TPSA) is 32.3 Å². The zero-order chi connectivity index (χ0) is 17.4. The molecular formula is C21H23FN2O. The monoisotopic (exact) mass is 338 g/mol. The molecule has 2 aliphatic heterocycles. The van der Waals surface area contributed by atoms with Crippen molar-refractivity contribution in [3.8, 4) is 11.1 Å². The van der Waals surface area contributed by atoms with Crippen molar-refractivity contribution in [3.05, 3.63) is 59.9 Å². The number of carbonyl (C=O) groups excluding carboxylic acids is 1. The van der Waals surface area contributed by atoms with E-state index >= 15 is 0 Å². The zero-order valence-corrected chi connectivity index (χ0v) is 14.5. The Kier molecular flexibility index (Phi) is 4.08. The van der Waals surface area contributed by atoms with E-state index in [4.69, 9.17) is 0 Å². The molecule has 4 heteroatoms. The SMILES string of the molecule is CCN1CC[C@@]2(CC[C@H](c3cccc(-c4ccccc4F)c3)N2)C1=O. The van der Waals surface area contributed by atoms with Crippen LogP contribution in [0.4, 0.5) is 4.39 Å². The van der Waals surface area contributed by atoms with E-state index < -0.39 is 5.54 Å². The Morgan fingerprint density at radius 1 is 1.20 bits per heavy atom. The van der Waals surface area contributed by atoms with E-state index in [0.29, 0.717) is 5.56 Å². The zero-order valence-electron chi connectivity index (χ0n) is 14.5. The van der Waals surface area contributed by atoms with Crippen molar-refractivity contribution in [2.75, 3.05) is 13.1 Å². The molecule has 0 saturated carbocycles. The highest BCUT2D eigenvalue weighted by Gasteiger charge is 2.50. The lowest BCUT2D eigenvalue weighted by molar-refractivity contribution is -0.132. The first-order valence-corrected chi connectivity index (χ1v) is 9.05. The van der Waals surface area contributed by atoms with E-state index in [9.17, 15) is 9.18 Å². The highest BCUT2D eigenvalue weighted by Crippen LogP contribution is 2.40. The van der Waals surface area contributed by atoms with Gasteiger partial charge in [-0.05, 0) is 49.4 Å². The number of carbonyl (C=O) groups is 1. The number of nitrogens with zero attached hydrogens (tertiary/aromatic N) is 1. The average Bonchev–Trinajstić information content (AvgIpc) is 3.21. The molecule has 1 spiro atoms. The molecule has 2 heterocycles. The molecular weight excluding hydrogens is 315 g/mol. The van der Waals surface area contributed by atoms with Gasteiger partial charge in [0.2, 0.25) is 5.91 Å². The number of halogens is 1. The third-order valence-corrected chi connectivity index (χ3v) is 5.67. The Bertz CT molecular complexity index is 806. The van der Waals surface area contributed by atoms with Crippen molar-refractivity contribution in [1.82, 2.24) is 10.2 Å². The third-order valence-electron chi connectivity index (χ3n) is 5.67. The standard InChI is InChI=1S/C21H23FN2O/c1-2-24-13-12-21(20(24)25)11-10-19(23-21)16-7-5-6-15(14-16)17-8-3-4-9-18(17)22/h3-9,14,19,23H,2,10-13H2,1H3/t19-,21+/m1/s1. The number of amides is 1. The molecule has 0 unspecified atom stereocenters. The van der Waals surface area contributed by atoms with E-state index in [1.807, 2.05) is 36.1 Å². The van der Waals surface area contributed by atoms with Crippen LogP contribution in [-0.4, -0.2) is 29.4 Å². The van der Waals surface area contributed by atoms with Gasteiger partial charge in [-0.3, -0.25) is 10.1 Å². The average molecular weight is 338 g/mol. The fraction of sp³-hybridized carbons (Fsp3) is 0.381. The van der Waals surface area contributed by atoms with Crippen LogP contribution in [0, 0.1) is 5.82 Å². The second-order valence-corrected chi connectivity index (χ2v) is 7.06. The summed E-state index contributed by atoms with van der Waals surface area (Å²) in [4.78, 5) is 14.6. The summed E-state index contributed by atoms with van der Waals surface area (Å²) in [7, 11) is 0. The first-order valence-electron chi connectivity index (χ1n) is 9.05. The number of hydrogen-bond donors (Lipinski definition) is 1. The van der Waals surface area contributed by atoms with Crippen LogP contribution in [0.3, 0.4) is 0 Å². The summed E-state index contributed by atoms with van der Waals surface area (Å²) in [6.07, 6.45) is 2.68. The molecule has 3 nitrogen and oxygen atoms in total. The first kappa shape index (κ1) is 16.3. The fourth-order valence-electron chi connectivity index (χ4n) is 4.24. The van der Waals surface area contributed by atoms with Crippen molar-refractivity contribution in [1.29, 1.82) is 0 Å². The summed E-state index contributed by atoms with van der Waals surface area (Å²) in [6.45, 7) is 3.64. The highest BCUT2D eigenvalue weighted by atomic mass is 19.1. The Morgan fingerprint density at radius 3 is 2.80 bits per heavy atom. The molecule has 2 saturated heterocycles. The number of rotatable bonds is 3. The van der Waals surface area contributed by atoms with Crippen molar-refractivity contribution >= 4 is 5.91 Å². The van der Waals surface area contributed by atoms with E-state index in [1.165, 1.54) is 6.07 Å². The number of hydrogen-bond acceptors (Lipinski definition) is 2. The summed E-state index contributed by atoms with van der Waals surface area (Å²) in [5.74, 6) is 0.0304. The van der Waals surface area contributed by atoms with Crippen molar-refractivity contribution in [2.45, 2.75) is 37.8 Å². The molecule has 2 fully saturated rings. The van der Waals surface area contributed by atoms with Crippen LogP contribution in [0.15, 0.2) is 48.5 Å². The molecule has 4 rings (SSSR count). The van der Waals surface area contributed by atoms with Crippen molar-refractivity contribution < 1.29 is 9.18 Å². The van der Waals surface area contributed by atoms with Gasteiger partial charge >= 0.3 is 0 Å². The Labute approximate surface area is 147 Å². The normalized spacial score (nSPS) is 25.9. The molecule has 1 N–H and O–H groups in total. The van der Waals surface area contributed by atoms with Gasteiger partial charge in [0.05, 0.1) is 0 Å². The van der Waals surface area contributed by atoms with Crippen LogP contribution >= 0.6 is 0 Å². The predicted molar refractivity (Wildman–Crippen MR) is 96.5 cm³/mol. The van der Waals surface area contributed by atoms with Gasteiger partial charge in [-0.1, -0.05) is 36.4 Å². The number of benzene rings is 2. The molecule has 0 bridgehead atoms. The lowest BCUT2D eigenvalue weighted by Gasteiger charge is -2.24. The van der Waals surface area contributed by atoms with Gasteiger partial charge in [-0.2, -0.15) is 0 Å². The second-order valence-electron chi connectivity index (χ2n) is 7.06. The molecule has 25 heavy (non-hydrogen) atoms. The predicted octanol–water partition coefficient (Wildman–Crippen LogP) is 3.91. The third kappa shape index (κ3) is 2.74. The maximum absolute atomic E-state index is 14.1. The maximum atomic E-state index is 14.1. The minimum atomic E-state index is -0.394. The van der Waals surface area contributed by atoms with Crippen LogP contribution in [0.1, 0.15) is 37.8 Å². The van der Waals surface area contributed by atoms with Crippen LogP contribution < -0.4 is 5.32 Å². The molecule has 0 radical (unpaired) electrons. The van der Waals surface area contributed by atoms with Crippen LogP contribution in [0.2, 0.25) is 0 Å². The fourth-order valence-corrected chi connectivity index (χ4v) is 4.24. The highest BCUT2D eigenvalue weighted by molar-refractivity contribution is 5.89. The first-order chi connectivity index (χ1) is 12.1.